The van der Waals surface area contributed by atoms with Gasteiger partial charge in [-0.2, -0.15) is 0 Å². The number of benzene rings is 1. The first-order chi connectivity index (χ1) is 11.1. The topological polar surface area (TPSA) is 110 Å². The van der Waals surface area contributed by atoms with Gasteiger partial charge >= 0.3 is 0 Å². The molecule has 0 aliphatic carbocycles. The van der Waals surface area contributed by atoms with Gasteiger partial charge in [-0.25, -0.2) is 25.9 Å². The molecule has 10 heteroatoms. The van der Waals surface area contributed by atoms with Crippen molar-refractivity contribution in [3.63, 3.8) is 0 Å². The highest BCUT2D eigenvalue weighted by atomic mass is 32.2. The zero-order valence-corrected chi connectivity index (χ0v) is 15.3. The van der Waals surface area contributed by atoms with Gasteiger partial charge < -0.3 is 4.74 Å². The third kappa shape index (κ3) is 3.61. The van der Waals surface area contributed by atoms with Crippen LogP contribution < -0.4 is 9.03 Å². The first kappa shape index (κ1) is 18.8. The zero-order chi connectivity index (χ0) is 18.1. The molecule has 134 valence electrons. The number of methoxy groups -OCH3 is 1. The quantitative estimate of drug-likeness (QED) is 0.715. The molecule has 1 aliphatic heterocycles. The molecule has 1 fully saturated rings. The third-order valence-electron chi connectivity index (χ3n) is 3.63. The molecular formula is C14H20N2O6S2. The summed E-state index contributed by atoms with van der Waals surface area (Å²) in [6.07, 6.45) is -0.0704. The Labute approximate surface area is 141 Å². The second-order valence-corrected chi connectivity index (χ2v) is 9.16. The Morgan fingerprint density at radius 2 is 1.83 bits per heavy atom. The average Bonchev–Trinajstić information content (AvgIpc) is 2.71. The van der Waals surface area contributed by atoms with E-state index in [9.17, 15) is 21.6 Å². The van der Waals surface area contributed by atoms with Gasteiger partial charge in [-0.3, -0.25) is 4.79 Å². The summed E-state index contributed by atoms with van der Waals surface area (Å²) in [6.45, 7) is 3.48. The van der Waals surface area contributed by atoms with Crippen molar-refractivity contribution in [3.8, 4) is 0 Å². The van der Waals surface area contributed by atoms with Crippen LogP contribution in [0.4, 0.5) is 5.69 Å². The molecule has 2 rings (SSSR count). The van der Waals surface area contributed by atoms with Crippen molar-refractivity contribution in [2.75, 3.05) is 30.3 Å². The Morgan fingerprint density at radius 3 is 2.29 bits per heavy atom. The lowest BCUT2D eigenvalue weighted by molar-refractivity contribution is -0.116. The number of nitrogens with one attached hydrogen (secondary N) is 1. The van der Waals surface area contributed by atoms with E-state index in [4.69, 9.17) is 4.74 Å². The van der Waals surface area contributed by atoms with Crippen molar-refractivity contribution < 1.29 is 26.4 Å². The van der Waals surface area contributed by atoms with Gasteiger partial charge in [-0.05, 0) is 37.1 Å². The number of rotatable bonds is 6. The minimum absolute atomic E-state index is 0.0704. The van der Waals surface area contributed by atoms with Gasteiger partial charge in [0.25, 0.3) is 0 Å². The van der Waals surface area contributed by atoms with Crippen LogP contribution in [0.15, 0.2) is 17.0 Å². The number of aryl methyl sites for hydroxylation is 2. The third-order valence-corrected chi connectivity index (χ3v) is 7.08. The Morgan fingerprint density at radius 1 is 1.25 bits per heavy atom. The SMILES string of the molecule is COCCNS(=O)(=O)c1c(C)cc(N2C(=O)CCS2(=O)=O)cc1C. The standard InChI is InChI=1S/C14H20N2O6S2/c1-10-8-12(16-13(17)4-7-23(16,18)19)9-11(2)14(10)24(20,21)15-5-6-22-3/h8-9,15H,4-7H2,1-3H3. The predicted molar refractivity (Wildman–Crippen MR) is 88.9 cm³/mol. The molecule has 24 heavy (non-hydrogen) atoms. The number of sulfonamides is 2. The Bertz CT molecular complexity index is 838. The van der Waals surface area contributed by atoms with E-state index in [0.29, 0.717) is 11.1 Å². The molecule has 1 saturated heterocycles. The summed E-state index contributed by atoms with van der Waals surface area (Å²) in [5.74, 6) is -0.745. The highest BCUT2D eigenvalue weighted by Crippen LogP contribution is 2.31. The van der Waals surface area contributed by atoms with Crippen LogP contribution in [0, 0.1) is 13.8 Å². The summed E-state index contributed by atoms with van der Waals surface area (Å²) >= 11 is 0. The van der Waals surface area contributed by atoms with Gasteiger partial charge in [0.05, 0.1) is 22.9 Å². The first-order valence-electron chi connectivity index (χ1n) is 7.26. The summed E-state index contributed by atoms with van der Waals surface area (Å²) in [7, 11) is -5.98. The van der Waals surface area contributed by atoms with Crippen LogP contribution >= 0.6 is 0 Å². The molecule has 1 aromatic carbocycles. The van der Waals surface area contributed by atoms with Gasteiger partial charge in [0.1, 0.15) is 0 Å². The number of hydrogen-bond donors (Lipinski definition) is 1. The molecule has 0 bridgehead atoms. The number of carbonyl (C=O) groups is 1. The van der Waals surface area contributed by atoms with E-state index in [1.165, 1.54) is 19.2 Å². The molecule has 8 nitrogen and oxygen atoms in total. The normalized spacial score (nSPS) is 17.5. The van der Waals surface area contributed by atoms with E-state index in [-0.39, 0.29) is 35.9 Å². The molecule has 0 spiro atoms. The molecule has 0 unspecified atom stereocenters. The molecule has 1 heterocycles. The van der Waals surface area contributed by atoms with Crippen molar-refractivity contribution in [3.05, 3.63) is 23.3 Å². The van der Waals surface area contributed by atoms with E-state index >= 15 is 0 Å². The fourth-order valence-corrected chi connectivity index (χ4v) is 5.59. The molecule has 0 atom stereocenters. The minimum Gasteiger partial charge on any atom is -0.383 e. The van der Waals surface area contributed by atoms with E-state index < -0.39 is 26.0 Å². The summed E-state index contributed by atoms with van der Waals surface area (Å²) in [5, 5.41) is 0. The lowest BCUT2D eigenvalue weighted by Gasteiger charge is -2.19. The smallest absolute Gasteiger partial charge is 0.242 e. The Kier molecular flexibility index (Phi) is 5.33. The number of nitrogens with zero attached hydrogens (tertiary/aromatic N) is 1. The first-order valence-corrected chi connectivity index (χ1v) is 10.3. The molecule has 1 amide bonds. The van der Waals surface area contributed by atoms with E-state index in [0.717, 1.165) is 4.31 Å². The van der Waals surface area contributed by atoms with Crippen LogP contribution in [0.2, 0.25) is 0 Å². The number of carbonyl (C=O) groups excluding carboxylic acids is 1. The summed E-state index contributed by atoms with van der Waals surface area (Å²) < 4.78 is 56.8. The van der Waals surface area contributed by atoms with Crippen LogP contribution in [0.1, 0.15) is 17.5 Å². The summed E-state index contributed by atoms with van der Waals surface area (Å²) in [5.41, 5.74) is 0.901. The Hall–Kier alpha value is -1.49. The highest BCUT2D eigenvalue weighted by Gasteiger charge is 2.37. The number of amides is 1. The van der Waals surface area contributed by atoms with E-state index in [2.05, 4.69) is 4.72 Å². The van der Waals surface area contributed by atoms with Gasteiger partial charge in [0, 0.05) is 20.1 Å². The lowest BCUT2D eigenvalue weighted by atomic mass is 10.1. The second-order valence-electron chi connectivity index (χ2n) is 5.52. The maximum Gasteiger partial charge on any atom is 0.242 e. The van der Waals surface area contributed by atoms with E-state index in [1.54, 1.807) is 13.8 Å². The van der Waals surface area contributed by atoms with Gasteiger partial charge in [0.2, 0.25) is 26.0 Å². The van der Waals surface area contributed by atoms with Crippen molar-refractivity contribution in [2.45, 2.75) is 25.2 Å². The molecular weight excluding hydrogens is 356 g/mol. The fourth-order valence-electron chi connectivity index (χ4n) is 2.69. The maximum atomic E-state index is 12.4. The summed E-state index contributed by atoms with van der Waals surface area (Å²) in [6, 6.07) is 2.80. The molecule has 1 aromatic rings. The minimum atomic E-state index is -3.76. The molecule has 0 radical (unpaired) electrons. The molecule has 0 saturated carbocycles. The van der Waals surface area contributed by atoms with Gasteiger partial charge in [0.15, 0.2) is 0 Å². The number of anilines is 1. The monoisotopic (exact) mass is 376 g/mol. The van der Waals surface area contributed by atoms with Crippen LogP contribution in [-0.2, 0) is 29.6 Å². The van der Waals surface area contributed by atoms with Crippen LogP contribution in [-0.4, -0.2) is 48.8 Å². The predicted octanol–water partition coefficient (Wildman–Crippen LogP) is 0.295. The number of hydrogen-bond acceptors (Lipinski definition) is 6. The van der Waals surface area contributed by atoms with Crippen molar-refractivity contribution in [1.82, 2.24) is 4.72 Å². The van der Waals surface area contributed by atoms with Crippen molar-refractivity contribution >= 4 is 31.6 Å². The second kappa shape index (κ2) is 6.79. The van der Waals surface area contributed by atoms with Crippen LogP contribution in [0.3, 0.4) is 0 Å². The van der Waals surface area contributed by atoms with E-state index in [1.807, 2.05) is 0 Å². The van der Waals surface area contributed by atoms with Crippen LogP contribution in [0.25, 0.3) is 0 Å². The van der Waals surface area contributed by atoms with Crippen LogP contribution in [0.5, 0.6) is 0 Å². The fraction of sp³-hybridized carbons (Fsp3) is 0.500. The van der Waals surface area contributed by atoms with Gasteiger partial charge in [-0.1, -0.05) is 0 Å². The molecule has 0 aromatic heterocycles. The maximum absolute atomic E-state index is 12.4. The average molecular weight is 376 g/mol. The molecule has 1 aliphatic rings. The largest absolute Gasteiger partial charge is 0.383 e. The Balaban J connectivity index is 2.45. The number of ether oxygens (including phenoxy) is 1. The highest BCUT2D eigenvalue weighted by molar-refractivity contribution is 7.94. The lowest BCUT2D eigenvalue weighted by Crippen LogP contribution is -2.31. The van der Waals surface area contributed by atoms with Gasteiger partial charge in [-0.15, -0.1) is 0 Å². The summed E-state index contributed by atoms with van der Waals surface area (Å²) in [4.78, 5) is 11.9. The van der Waals surface area contributed by atoms with Crippen molar-refractivity contribution in [2.24, 2.45) is 0 Å². The zero-order valence-electron chi connectivity index (χ0n) is 13.7. The van der Waals surface area contributed by atoms with Crippen molar-refractivity contribution in [1.29, 1.82) is 0 Å². The molecule has 1 N–H and O–H groups in total.